The van der Waals surface area contributed by atoms with Crippen LogP contribution in [0.2, 0.25) is 0 Å². The van der Waals surface area contributed by atoms with Gasteiger partial charge in [-0.05, 0) is 20.1 Å². The number of aliphatic imine (C=N–C) groups is 1. The van der Waals surface area contributed by atoms with Crippen molar-refractivity contribution in [3.8, 4) is 0 Å². The highest BCUT2D eigenvalue weighted by Crippen LogP contribution is 2.54. The summed E-state index contributed by atoms with van der Waals surface area (Å²) in [5, 5.41) is 0.356. The molecule has 1 unspecified atom stereocenters. The van der Waals surface area contributed by atoms with Gasteiger partial charge in [0.05, 0.1) is 10.8 Å². The Labute approximate surface area is 58.6 Å². The molecule has 0 saturated carbocycles. The zero-order valence-corrected chi connectivity index (χ0v) is 6.25. The summed E-state index contributed by atoms with van der Waals surface area (Å²) in [6.45, 7) is 0. The van der Waals surface area contributed by atoms with Crippen LogP contribution in [0.15, 0.2) is 9.39 Å². The Morgan fingerprint density at radius 1 is 1.62 bits per heavy atom. The van der Waals surface area contributed by atoms with Crippen molar-refractivity contribution in [1.82, 2.24) is 0 Å². The van der Waals surface area contributed by atoms with Crippen LogP contribution in [0.4, 0.5) is 0 Å². The van der Waals surface area contributed by atoms with Gasteiger partial charge in [0, 0.05) is 0 Å². The van der Waals surface area contributed by atoms with E-state index in [2.05, 4.69) is 9.39 Å². The smallest absolute Gasteiger partial charge is 0.124 e. The molecule has 0 aromatic carbocycles. The highest BCUT2D eigenvalue weighted by atomic mass is 35.7. The van der Waals surface area contributed by atoms with E-state index in [4.69, 9.17) is 22.3 Å². The number of hydrogen-bond donors (Lipinski definition) is 0. The van der Waals surface area contributed by atoms with E-state index >= 15 is 0 Å². The number of rotatable bonds is 1. The molecule has 0 bridgehead atoms. The highest BCUT2D eigenvalue weighted by molar-refractivity contribution is 8.59. The fraction of sp³-hybridized carbons (Fsp3) is 0.333. The van der Waals surface area contributed by atoms with Gasteiger partial charge < -0.3 is 0 Å². The minimum atomic E-state index is -1.53. The van der Waals surface area contributed by atoms with Crippen molar-refractivity contribution in [3.63, 3.8) is 0 Å². The van der Waals surface area contributed by atoms with Crippen LogP contribution in [0, 0.1) is 0 Å². The number of nitrogens with zero attached hydrogens (tertiary/aromatic N) is 2. The Balaban J connectivity index is 2.69. The van der Waals surface area contributed by atoms with Gasteiger partial charge in [-0.25, -0.2) is 9.39 Å². The Hall–Kier alpha value is 0.270. The third-order valence-corrected chi connectivity index (χ3v) is 4.00. The van der Waals surface area contributed by atoms with Crippen molar-refractivity contribution in [1.29, 1.82) is 0 Å². The molecule has 0 fully saturated rings. The minimum Gasteiger partial charge on any atom is -0.236 e. The zero-order valence-electron chi connectivity index (χ0n) is 3.92. The van der Waals surface area contributed by atoms with Crippen molar-refractivity contribution in [2.24, 2.45) is 9.39 Å². The number of halogens is 2. The van der Waals surface area contributed by atoms with Gasteiger partial charge >= 0.3 is 0 Å². The Morgan fingerprint density at radius 3 is 2.62 bits per heavy atom. The topological polar surface area (TPSA) is 24.7 Å². The van der Waals surface area contributed by atoms with Crippen molar-refractivity contribution in [3.05, 3.63) is 0 Å². The largest absolute Gasteiger partial charge is 0.236 e. The van der Waals surface area contributed by atoms with Gasteiger partial charge in [-0.3, -0.25) is 0 Å². The lowest BCUT2D eigenvalue weighted by Gasteiger charge is -2.13. The third-order valence-electron chi connectivity index (χ3n) is 0.664. The molecule has 1 rings (SSSR count). The summed E-state index contributed by atoms with van der Waals surface area (Å²) in [6.07, 6.45) is 1.44. The molecule has 5 heteroatoms. The second-order valence-corrected chi connectivity index (χ2v) is 5.49. The first-order chi connectivity index (χ1) is 3.77. The molecule has 2 nitrogen and oxygen atoms in total. The summed E-state index contributed by atoms with van der Waals surface area (Å²) in [5.74, 6) is 0. The van der Waals surface area contributed by atoms with Gasteiger partial charge in [-0.1, -0.05) is 0 Å². The zero-order chi connectivity index (χ0) is 6.04. The van der Waals surface area contributed by atoms with E-state index < -0.39 is 9.43 Å². The fourth-order valence-electron chi connectivity index (χ4n) is 0.310. The molecule has 0 radical (unpaired) electrons. The van der Waals surface area contributed by atoms with Crippen LogP contribution in [0.25, 0.3) is 0 Å². The lowest BCUT2D eigenvalue weighted by molar-refractivity contribution is 1.81. The number of alkyl halides is 1. The van der Waals surface area contributed by atoms with Crippen LogP contribution in [0.5, 0.6) is 0 Å². The molecule has 0 aromatic heterocycles. The van der Waals surface area contributed by atoms with Gasteiger partial charge in [0.1, 0.15) is 6.34 Å². The van der Waals surface area contributed by atoms with Crippen LogP contribution in [-0.2, 0) is 0 Å². The molecule has 0 saturated heterocycles. The van der Waals surface area contributed by atoms with Gasteiger partial charge in [-0.15, -0.1) is 11.6 Å². The molecule has 0 N–H and O–H groups in total. The molecule has 0 amide bonds. The molecule has 0 aliphatic carbocycles. The monoisotopic (exact) mass is 170 g/mol. The van der Waals surface area contributed by atoms with E-state index in [-0.39, 0.29) is 0 Å². The second-order valence-electron chi connectivity index (χ2n) is 1.25. The van der Waals surface area contributed by atoms with E-state index in [1.165, 1.54) is 6.34 Å². The summed E-state index contributed by atoms with van der Waals surface area (Å²) in [6, 6.07) is 0. The highest BCUT2D eigenvalue weighted by Gasteiger charge is 2.17. The first kappa shape index (κ1) is 6.39. The van der Waals surface area contributed by atoms with Crippen LogP contribution in [0.3, 0.4) is 0 Å². The maximum Gasteiger partial charge on any atom is 0.124 e. The first-order valence-corrected chi connectivity index (χ1v) is 5.09. The van der Waals surface area contributed by atoms with Crippen LogP contribution in [-0.4, -0.2) is 17.1 Å². The standard InChI is InChI=1S/C3H4Cl2N2S/c4-1-8(5)3-6-2-7-8/h2-3H,1H2. The quantitative estimate of drug-likeness (QED) is 0.540. The average Bonchev–Trinajstić information content (AvgIpc) is 2.17. The molecule has 8 heavy (non-hydrogen) atoms. The van der Waals surface area contributed by atoms with Crippen LogP contribution in [0.1, 0.15) is 0 Å². The van der Waals surface area contributed by atoms with Gasteiger partial charge in [-0.2, -0.15) is 0 Å². The fourth-order valence-corrected chi connectivity index (χ4v) is 1.51. The molecular formula is C3H4Cl2N2S. The van der Waals surface area contributed by atoms with Crippen molar-refractivity contribution in [2.45, 2.75) is 0 Å². The van der Waals surface area contributed by atoms with E-state index in [9.17, 15) is 0 Å². The third kappa shape index (κ3) is 1.16. The van der Waals surface area contributed by atoms with Crippen molar-refractivity contribution in [2.75, 3.05) is 5.21 Å². The normalized spacial score (nSPS) is 42.2. The van der Waals surface area contributed by atoms with Gasteiger partial charge in [0.25, 0.3) is 0 Å². The molecule has 0 aromatic rings. The summed E-state index contributed by atoms with van der Waals surface area (Å²) in [5.41, 5.74) is 1.60. The Kier molecular flexibility index (Phi) is 1.80. The molecule has 1 atom stereocenters. The lowest BCUT2D eigenvalue weighted by Crippen LogP contribution is -1.83. The van der Waals surface area contributed by atoms with Crippen molar-refractivity contribution >= 4 is 43.6 Å². The van der Waals surface area contributed by atoms with E-state index in [1.807, 2.05) is 0 Å². The number of hydrogen-bond acceptors (Lipinski definition) is 2. The minimum absolute atomic E-state index is 0.356. The molecule has 46 valence electrons. The molecular weight excluding hydrogens is 167 g/mol. The summed E-state index contributed by atoms with van der Waals surface area (Å²) in [4.78, 5) is 3.71. The molecule has 1 aliphatic heterocycles. The maximum atomic E-state index is 5.76. The van der Waals surface area contributed by atoms with Gasteiger partial charge in [0.2, 0.25) is 0 Å². The summed E-state index contributed by atoms with van der Waals surface area (Å²) < 4.78 is 3.86. The van der Waals surface area contributed by atoms with E-state index in [0.717, 1.165) is 0 Å². The predicted molar refractivity (Wildman–Crippen MR) is 41.1 cm³/mol. The van der Waals surface area contributed by atoms with Crippen LogP contribution < -0.4 is 0 Å². The molecule has 1 aliphatic rings. The Bertz CT molecular complexity index is 132. The second kappa shape index (κ2) is 2.25. The van der Waals surface area contributed by atoms with E-state index in [0.29, 0.717) is 5.21 Å². The molecule has 0 spiro atoms. The maximum absolute atomic E-state index is 5.76. The predicted octanol–water partition coefficient (Wildman–Crippen LogP) is 2.13. The lowest BCUT2D eigenvalue weighted by atomic mass is 11.3. The average molecular weight is 171 g/mol. The van der Waals surface area contributed by atoms with Crippen LogP contribution >= 0.6 is 31.7 Å². The van der Waals surface area contributed by atoms with Gasteiger partial charge in [0.15, 0.2) is 0 Å². The Morgan fingerprint density at radius 2 is 2.38 bits per heavy atom. The summed E-state index contributed by atoms with van der Waals surface area (Å²) in [7, 11) is 4.23. The first-order valence-electron chi connectivity index (χ1n) is 1.90. The summed E-state index contributed by atoms with van der Waals surface area (Å²) >= 11 is 5.45. The SMILES string of the molecule is ClCS1(Cl)C=NC=N1. The van der Waals surface area contributed by atoms with E-state index in [1.54, 1.807) is 5.55 Å². The molecule has 1 heterocycles. The van der Waals surface area contributed by atoms with Crippen molar-refractivity contribution < 1.29 is 0 Å².